The van der Waals surface area contributed by atoms with Crippen LogP contribution in [0.5, 0.6) is 6.01 Å². The lowest BCUT2D eigenvalue weighted by Crippen LogP contribution is -2.05. The van der Waals surface area contributed by atoms with E-state index in [0.29, 0.717) is 19.2 Å². The Labute approximate surface area is 222 Å². The van der Waals surface area contributed by atoms with Crippen LogP contribution in [0.4, 0.5) is 0 Å². The molecule has 0 fully saturated rings. The Kier molecular flexibility index (Phi) is 12.1. The summed E-state index contributed by atoms with van der Waals surface area (Å²) in [5, 5.41) is 0. The third kappa shape index (κ3) is 8.66. The Hall–Kier alpha value is -3.27. The van der Waals surface area contributed by atoms with E-state index in [1.54, 1.807) is 6.66 Å². The van der Waals surface area contributed by atoms with Crippen molar-refractivity contribution in [3.63, 3.8) is 0 Å². The van der Waals surface area contributed by atoms with Crippen LogP contribution in [0.15, 0.2) is 91.0 Å². The fourth-order valence-electron chi connectivity index (χ4n) is 4.02. The Balaban J connectivity index is 0.000000568. The van der Waals surface area contributed by atoms with Gasteiger partial charge in [-0.05, 0) is 30.0 Å². The van der Waals surface area contributed by atoms with E-state index < -0.39 is 8.03 Å². The van der Waals surface area contributed by atoms with Crippen LogP contribution in [-0.4, -0.2) is 29.4 Å². The minimum atomic E-state index is -1.35. The maximum atomic E-state index is 9.97. The van der Waals surface area contributed by atoms with Crippen LogP contribution < -0.4 is 4.74 Å². The van der Waals surface area contributed by atoms with Crippen molar-refractivity contribution in [2.75, 3.05) is 19.9 Å². The van der Waals surface area contributed by atoms with Crippen molar-refractivity contribution in [3.05, 3.63) is 91.0 Å². The van der Waals surface area contributed by atoms with Gasteiger partial charge in [0.15, 0.2) is 6.66 Å². The molecule has 1 heterocycles. The molecule has 4 rings (SSSR count). The SMILES string of the molecule is CCCCCCCOc1nc(-c2ccccc2)c(-c2ccccc2)n1-c1ccccc1.CCO[P+](C)=O. The molecule has 0 aliphatic carbocycles. The predicted molar refractivity (Wildman–Crippen MR) is 154 cm³/mol. The Morgan fingerprint density at radius 1 is 0.757 bits per heavy atom. The summed E-state index contributed by atoms with van der Waals surface area (Å²) in [5.41, 5.74) is 5.26. The lowest BCUT2D eigenvalue weighted by molar-refractivity contribution is 0.278. The molecule has 5 nitrogen and oxygen atoms in total. The highest BCUT2D eigenvalue weighted by Gasteiger charge is 2.22. The van der Waals surface area contributed by atoms with Gasteiger partial charge in [-0.2, -0.15) is 4.98 Å². The molecular weight excluding hydrogens is 479 g/mol. The number of hydrogen-bond acceptors (Lipinski definition) is 4. The first-order valence-electron chi connectivity index (χ1n) is 13.1. The molecular formula is C31H38N2O3P+. The first-order chi connectivity index (χ1) is 18.2. The van der Waals surface area contributed by atoms with Crippen LogP contribution in [0.2, 0.25) is 0 Å². The van der Waals surface area contributed by atoms with Crippen LogP contribution in [0.25, 0.3) is 28.2 Å². The van der Waals surface area contributed by atoms with Gasteiger partial charge < -0.3 is 4.74 Å². The van der Waals surface area contributed by atoms with Gasteiger partial charge in [0, 0.05) is 11.1 Å². The number of para-hydroxylation sites is 1. The summed E-state index contributed by atoms with van der Waals surface area (Å²) in [6.07, 6.45) is 6.03. The van der Waals surface area contributed by atoms with Crippen molar-refractivity contribution in [1.82, 2.24) is 9.55 Å². The summed E-state index contributed by atoms with van der Waals surface area (Å²) in [6, 6.07) is 31.8. The molecule has 0 radical (unpaired) electrons. The lowest BCUT2D eigenvalue weighted by atomic mass is 10.0. The van der Waals surface area contributed by atoms with Crippen molar-refractivity contribution < 1.29 is 13.8 Å². The van der Waals surface area contributed by atoms with Crippen LogP contribution in [0, 0.1) is 0 Å². The Morgan fingerprint density at radius 3 is 1.86 bits per heavy atom. The molecule has 0 N–H and O–H groups in total. The zero-order valence-electron chi connectivity index (χ0n) is 22.2. The van der Waals surface area contributed by atoms with Gasteiger partial charge in [0.1, 0.15) is 5.69 Å². The maximum Gasteiger partial charge on any atom is 0.504 e. The first kappa shape index (κ1) is 28.3. The second-order valence-corrected chi connectivity index (χ2v) is 9.75. The molecule has 1 unspecified atom stereocenters. The highest BCUT2D eigenvalue weighted by atomic mass is 31.1. The number of aromatic nitrogens is 2. The van der Waals surface area contributed by atoms with Crippen molar-refractivity contribution in [2.24, 2.45) is 0 Å². The topological polar surface area (TPSA) is 53.4 Å². The summed E-state index contributed by atoms with van der Waals surface area (Å²) < 4.78 is 23.0. The number of ether oxygens (including phenoxy) is 1. The van der Waals surface area contributed by atoms with Crippen molar-refractivity contribution in [1.29, 1.82) is 0 Å². The molecule has 0 amide bonds. The van der Waals surface area contributed by atoms with E-state index in [1.807, 2.05) is 25.1 Å². The van der Waals surface area contributed by atoms with E-state index >= 15 is 0 Å². The van der Waals surface area contributed by atoms with Crippen LogP contribution in [0.3, 0.4) is 0 Å². The summed E-state index contributed by atoms with van der Waals surface area (Å²) in [6.45, 7) is 6.82. The smallest absolute Gasteiger partial charge is 0.464 e. The van der Waals surface area contributed by atoms with Crippen LogP contribution in [-0.2, 0) is 9.09 Å². The van der Waals surface area contributed by atoms with Gasteiger partial charge in [0.2, 0.25) is 0 Å². The third-order valence-corrected chi connectivity index (χ3v) is 6.37. The molecule has 1 aromatic heterocycles. The van der Waals surface area contributed by atoms with Crippen molar-refractivity contribution in [2.45, 2.75) is 46.0 Å². The standard InChI is InChI=1S/C28H30N2O.C3H8O2P/c1-2-3-4-5-15-22-31-28-29-26(23-16-9-6-10-17-23)27(24-18-11-7-12-19-24)30(28)25-20-13-8-14-21-25;1-3-5-6(2)4/h6-14,16-21H,2-5,15,22H2,1H3;3H2,1-2H3/q;+1. The number of rotatable bonds is 12. The van der Waals surface area contributed by atoms with Crippen molar-refractivity contribution in [3.8, 4) is 34.2 Å². The van der Waals surface area contributed by atoms with Gasteiger partial charge >= 0.3 is 14.0 Å². The molecule has 3 aromatic carbocycles. The number of benzene rings is 3. The van der Waals surface area contributed by atoms with E-state index in [-0.39, 0.29) is 0 Å². The summed E-state index contributed by atoms with van der Waals surface area (Å²) in [7, 11) is -1.35. The lowest BCUT2D eigenvalue weighted by Gasteiger charge is -2.13. The van der Waals surface area contributed by atoms with Crippen LogP contribution >= 0.6 is 8.03 Å². The molecule has 0 saturated carbocycles. The highest BCUT2D eigenvalue weighted by Crippen LogP contribution is 2.37. The van der Waals surface area contributed by atoms with Gasteiger partial charge in [-0.25, -0.2) is 0 Å². The zero-order chi connectivity index (χ0) is 26.3. The third-order valence-electron chi connectivity index (χ3n) is 5.75. The van der Waals surface area contributed by atoms with E-state index in [4.69, 9.17) is 9.72 Å². The monoisotopic (exact) mass is 517 g/mol. The number of imidazole rings is 1. The molecule has 0 aliphatic heterocycles. The second-order valence-electron chi connectivity index (χ2n) is 8.61. The van der Waals surface area contributed by atoms with E-state index in [2.05, 4.69) is 88.8 Å². The number of hydrogen-bond donors (Lipinski definition) is 0. The molecule has 194 valence electrons. The van der Waals surface area contributed by atoms with E-state index in [9.17, 15) is 4.57 Å². The first-order valence-corrected chi connectivity index (χ1v) is 14.7. The second kappa shape index (κ2) is 15.8. The highest BCUT2D eigenvalue weighted by molar-refractivity contribution is 7.38. The number of nitrogens with zero attached hydrogens (tertiary/aromatic N) is 2. The quantitative estimate of drug-likeness (QED) is 0.139. The molecule has 0 spiro atoms. The van der Waals surface area contributed by atoms with Gasteiger partial charge in [-0.1, -0.05) is 111 Å². The molecule has 0 aliphatic rings. The largest absolute Gasteiger partial charge is 0.504 e. The summed E-state index contributed by atoms with van der Waals surface area (Å²) in [4.78, 5) is 5.01. The average Bonchev–Trinajstić information content (AvgIpc) is 3.32. The predicted octanol–water partition coefficient (Wildman–Crippen LogP) is 8.95. The van der Waals surface area contributed by atoms with E-state index in [1.165, 1.54) is 25.7 Å². The molecule has 37 heavy (non-hydrogen) atoms. The average molecular weight is 518 g/mol. The van der Waals surface area contributed by atoms with Gasteiger partial charge in [0.05, 0.1) is 24.6 Å². The van der Waals surface area contributed by atoms with Gasteiger partial charge in [-0.15, -0.1) is 4.52 Å². The Bertz CT molecular complexity index is 1200. The molecule has 0 saturated heterocycles. The zero-order valence-corrected chi connectivity index (χ0v) is 23.1. The normalized spacial score (nSPS) is 10.9. The molecule has 4 aromatic rings. The molecule has 1 atom stereocenters. The van der Waals surface area contributed by atoms with Gasteiger partial charge in [0.25, 0.3) is 0 Å². The van der Waals surface area contributed by atoms with Crippen molar-refractivity contribution >= 4 is 8.03 Å². The molecule has 6 heteroatoms. The summed E-state index contributed by atoms with van der Waals surface area (Å²) in [5.74, 6) is 0. The maximum absolute atomic E-state index is 9.97. The number of unbranched alkanes of at least 4 members (excludes halogenated alkanes) is 4. The fourth-order valence-corrected chi connectivity index (χ4v) is 4.39. The fraction of sp³-hybridized carbons (Fsp3) is 0.323. The Morgan fingerprint density at radius 2 is 1.32 bits per heavy atom. The van der Waals surface area contributed by atoms with E-state index in [0.717, 1.165) is 34.6 Å². The van der Waals surface area contributed by atoms with Crippen LogP contribution in [0.1, 0.15) is 46.0 Å². The summed E-state index contributed by atoms with van der Waals surface area (Å²) >= 11 is 0. The minimum absolute atomic E-state index is 0.547. The minimum Gasteiger partial charge on any atom is -0.464 e. The van der Waals surface area contributed by atoms with Gasteiger partial charge in [-0.3, -0.25) is 4.57 Å². The molecule has 0 bridgehead atoms.